The lowest BCUT2D eigenvalue weighted by molar-refractivity contribution is 0.592. The Kier molecular flexibility index (Phi) is 2.33. The summed E-state index contributed by atoms with van der Waals surface area (Å²) in [5, 5.41) is 2.78. The maximum atomic E-state index is 2.57. The monoisotopic (exact) mass is 263 g/mol. The fourth-order valence-corrected chi connectivity index (χ4v) is 4.33. The van der Waals surface area contributed by atoms with Crippen molar-refractivity contribution in [3.8, 4) is 0 Å². The number of anilines is 1. The molecule has 0 atom stereocenters. The van der Waals surface area contributed by atoms with Crippen molar-refractivity contribution >= 4 is 16.5 Å². The van der Waals surface area contributed by atoms with Crippen molar-refractivity contribution in [1.29, 1.82) is 0 Å². The largest absolute Gasteiger partial charge is 0.344 e. The number of fused-ring (bicyclic) bond motifs is 5. The minimum Gasteiger partial charge on any atom is -0.344 e. The highest BCUT2D eigenvalue weighted by atomic mass is 15.2. The number of hydrogen-bond donors (Lipinski definition) is 0. The second-order valence-electron chi connectivity index (χ2n) is 6.69. The molecule has 4 rings (SSSR count). The molecule has 2 aliphatic rings. The Labute approximate surface area is 120 Å². The van der Waals surface area contributed by atoms with Crippen molar-refractivity contribution < 1.29 is 0 Å². The molecule has 0 saturated heterocycles. The van der Waals surface area contributed by atoms with E-state index in [4.69, 9.17) is 0 Å². The molecular formula is C19H21N. The van der Waals surface area contributed by atoms with Crippen molar-refractivity contribution in [3.05, 3.63) is 53.2 Å². The zero-order valence-electron chi connectivity index (χ0n) is 12.5. The number of benzene rings is 2. The molecular weight excluding hydrogens is 242 g/mol. The third-order valence-electron chi connectivity index (χ3n) is 5.02. The molecule has 0 radical (unpaired) electrons. The summed E-state index contributed by atoms with van der Waals surface area (Å²) in [5.74, 6) is 0. The van der Waals surface area contributed by atoms with Gasteiger partial charge in [-0.1, -0.05) is 49.8 Å². The van der Waals surface area contributed by atoms with Crippen LogP contribution in [-0.4, -0.2) is 6.54 Å². The van der Waals surface area contributed by atoms with Gasteiger partial charge in [0.1, 0.15) is 0 Å². The van der Waals surface area contributed by atoms with Gasteiger partial charge >= 0.3 is 0 Å². The van der Waals surface area contributed by atoms with Gasteiger partial charge in [0.15, 0.2) is 0 Å². The first-order valence-corrected chi connectivity index (χ1v) is 7.61. The maximum absolute atomic E-state index is 2.57. The highest BCUT2D eigenvalue weighted by Gasteiger charge is 2.43. The predicted octanol–water partition coefficient (Wildman–Crippen LogP) is 5.01. The molecule has 102 valence electrons. The van der Waals surface area contributed by atoms with E-state index in [1.54, 1.807) is 11.3 Å². The van der Waals surface area contributed by atoms with Crippen LogP contribution in [0.4, 0.5) is 5.69 Å². The Morgan fingerprint density at radius 2 is 1.85 bits per heavy atom. The van der Waals surface area contributed by atoms with Gasteiger partial charge in [-0.25, -0.2) is 0 Å². The quantitative estimate of drug-likeness (QED) is 0.646. The molecule has 0 N–H and O–H groups in total. The van der Waals surface area contributed by atoms with Crippen molar-refractivity contribution in [2.24, 2.45) is 0 Å². The first-order valence-electron chi connectivity index (χ1n) is 7.61. The maximum Gasteiger partial charge on any atom is 0.0457 e. The third-order valence-corrected chi connectivity index (χ3v) is 5.02. The van der Waals surface area contributed by atoms with Gasteiger partial charge < -0.3 is 4.90 Å². The molecule has 0 aliphatic carbocycles. The first-order chi connectivity index (χ1) is 9.60. The molecule has 0 aromatic heterocycles. The molecule has 2 aromatic rings. The Morgan fingerprint density at radius 3 is 2.70 bits per heavy atom. The summed E-state index contributed by atoms with van der Waals surface area (Å²) in [5.41, 5.74) is 6.20. The van der Waals surface area contributed by atoms with Crippen LogP contribution in [0.3, 0.4) is 0 Å². The molecule has 20 heavy (non-hydrogen) atoms. The van der Waals surface area contributed by atoms with E-state index in [0.29, 0.717) is 0 Å². The van der Waals surface area contributed by atoms with E-state index < -0.39 is 0 Å². The average Bonchev–Trinajstić information content (AvgIpc) is 2.69. The normalized spacial score (nSPS) is 20.2. The van der Waals surface area contributed by atoms with E-state index in [0.717, 1.165) is 0 Å². The fraction of sp³-hybridized carbons (Fsp3) is 0.368. The standard InChI is InChI=1S/C19H21N/c1-13-7-6-12-20-16-11-10-14-8-4-5-9-15(14)17(16)19(2,3)18(13)20/h4-5,8-11H,6-7,12H2,1-3H3. The average molecular weight is 263 g/mol. The van der Waals surface area contributed by atoms with Crippen molar-refractivity contribution in [1.82, 2.24) is 0 Å². The summed E-state index contributed by atoms with van der Waals surface area (Å²) in [6, 6.07) is 13.4. The molecule has 0 unspecified atom stereocenters. The van der Waals surface area contributed by atoms with Gasteiger partial charge in [0, 0.05) is 23.3 Å². The summed E-state index contributed by atoms with van der Waals surface area (Å²) in [6.45, 7) is 8.27. The van der Waals surface area contributed by atoms with E-state index in [2.05, 4.69) is 62.1 Å². The summed E-state index contributed by atoms with van der Waals surface area (Å²) < 4.78 is 0. The highest BCUT2D eigenvalue weighted by molar-refractivity contribution is 5.95. The van der Waals surface area contributed by atoms with Crippen LogP contribution in [0.15, 0.2) is 47.7 Å². The minimum absolute atomic E-state index is 0.126. The topological polar surface area (TPSA) is 3.24 Å². The summed E-state index contributed by atoms with van der Waals surface area (Å²) in [7, 11) is 0. The second-order valence-corrected chi connectivity index (χ2v) is 6.69. The van der Waals surface area contributed by atoms with Crippen LogP contribution in [-0.2, 0) is 5.41 Å². The second kappa shape index (κ2) is 3.88. The van der Waals surface area contributed by atoms with Gasteiger partial charge in [-0.3, -0.25) is 0 Å². The van der Waals surface area contributed by atoms with Gasteiger partial charge in [-0.05, 0) is 42.2 Å². The third kappa shape index (κ3) is 1.38. The van der Waals surface area contributed by atoms with E-state index in [9.17, 15) is 0 Å². The molecule has 0 amide bonds. The zero-order chi connectivity index (χ0) is 13.9. The van der Waals surface area contributed by atoms with Crippen molar-refractivity contribution in [3.63, 3.8) is 0 Å². The lowest BCUT2D eigenvalue weighted by atomic mass is 9.79. The Balaban J connectivity index is 2.11. The Bertz CT molecular complexity index is 737. The van der Waals surface area contributed by atoms with E-state index in [1.165, 1.54) is 41.4 Å². The van der Waals surface area contributed by atoms with Gasteiger partial charge in [0.25, 0.3) is 0 Å². The zero-order valence-corrected chi connectivity index (χ0v) is 12.5. The van der Waals surface area contributed by atoms with Crippen LogP contribution in [0, 0.1) is 0 Å². The molecule has 0 spiro atoms. The smallest absolute Gasteiger partial charge is 0.0457 e. The Hall–Kier alpha value is -1.76. The van der Waals surface area contributed by atoms with Crippen molar-refractivity contribution in [2.75, 3.05) is 11.4 Å². The molecule has 0 bridgehead atoms. The van der Waals surface area contributed by atoms with Gasteiger partial charge in [-0.15, -0.1) is 0 Å². The lowest BCUT2D eigenvalue weighted by Crippen LogP contribution is -2.31. The van der Waals surface area contributed by atoms with Crippen molar-refractivity contribution in [2.45, 2.75) is 39.0 Å². The van der Waals surface area contributed by atoms with Gasteiger partial charge in [0.05, 0.1) is 0 Å². The number of rotatable bonds is 0. The van der Waals surface area contributed by atoms with E-state index in [-0.39, 0.29) is 5.41 Å². The van der Waals surface area contributed by atoms with E-state index in [1.807, 2.05) is 0 Å². The molecule has 1 heteroatoms. The lowest BCUT2D eigenvalue weighted by Gasteiger charge is -2.33. The molecule has 2 heterocycles. The van der Waals surface area contributed by atoms with Crippen LogP contribution in [0.1, 0.15) is 39.2 Å². The first kappa shape index (κ1) is 12.0. The van der Waals surface area contributed by atoms with Crippen LogP contribution < -0.4 is 4.90 Å². The minimum atomic E-state index is 0.126. The highest BCUT2D eigenvalue weighted by Crippen LogP contribution is 2.53. The van der Waals surface area contributed by atoms with Gasteiger partial charge in [0.2, 0.25) is 0 Å². The van der Waals surface area contributed by atoms with E-state index >= 15 is 0 Å². The SMILES string of the molecule is CC1=C2N(CCC1)c1ccc3ccccc3c1C2(C)C. The number of nitrogens with zero attached hydrogens (tertiary/aromatic N) is 1. The molecule has 0 fully saturated rings. The predicted molar refractivity (Wildman–Crippen MR) is 86.3 cm³/mol. The number of allylic oxidation sites excluding steroid dienone is 2. The molecule has 0 saturated carbocycles. The summed E-state index contributed by atoms with van der Waals surface area (Å²) in [4.78, 5) is 2.57. The molecule has 2 aromatic carbocycles. The molecule has 1 nitrogen and oxygen atoms in total. The molecule has 2 aliphatic heterocycles. The Morgan fingerprint density at radius 1 is 1.05 bits per heavy atom. The van der Waals surface area contributed by atoms with Crippen LogP contribution in [0.5, 0.6) is 0 Å². The van der Waals surface area contributed by atoms with Gasteiger partial charge in [-0.2, -0.15) is 0 Å². The number of hydrogen-bond acceptors (Lipinski definition) is 1. The fourth-order valence-electron chi connectivity index (χ4n) is 4.33. The summed E-state index contributed by atoms with van der Waals surface area (Å²) in [6.07, 6.45) is 2.53. The van der Waals surface area contributed by atoms with Crippen LogP contribution in [0.25, 0.3) is 10.8 Å². The summed E-state index contributed by atoms with van der Waals surface area (Å²) >= 11 is 0. The van der Waals surface area contributed by atoms with Crippen LogP contribution >= 0.6 is 0 Å². The van der Waals surface area contributed by atoms with Crippen LogP contribution in [0.2, 0.25) is 0 Å².